The lowest BCUT2D eigenvalue weighted by Gasteiger charge is -2.26. The summed E-state index contributed by atoms with van der Waals surface area (Å²) in [6, 6.07) is 4.24. The van der Waals surface area contributed by atoms with E-state index in [0.717, 1.165) is 6.42 Å². The molecule has 2 unspecified atom stereocenters. The fourth-order valence-electron chi connectivity index (χ4n) is 2.67. The van der Waals surface area contributed by atoms with E-state index in [1.54, 1.807) is 0 Å². The number of hydrogen-bond acceptors (Lipinski definition) is 1. The van der Waals surface area contributed by atoms with Crippen LogP contribution < -0.4 is 0 Å². The monoisotopic (exact) mass is 231 g/mol. The maximum absolute atomic E-state index is 4.37. The second-order valence-electron chi connectivity index (χ2n) is 4.98. The molecule has 0 spiro atoms. The van der Waals surface area contributed by atoms with E-state index >= 15 is 0 Å². The highest BCUT2D eigenvalue weighted by molar-refractivity contribution is 5.19. The van der Waals surface area contributed by atoms with Crippen molar-refractivity contribution in [3.8, 4) is 0 Å². The second kappa shape index (κ2) is 6.58. The molecule has 0 aromatic carbocycles. The van der Waals surface area contributed by atoms with Crippen LogP contribution in [0.5, 0.6) is 0 Å². The van der Waals surface area contributed by atoms with Crippen molar-refractivity contribution < 1.29 is 0 Å². The standard InChI is InChI=1S/C16H25N/c1-6-14(16(7-2)12(3)4)11-15-9-8-10-17-13(15)5/h8-10,14,16H,3,6-7,11H2,1-2,4-5H3. The van der Waals surface area contributed by atoms with Crippen molar-refractivity contribution in [1.82, 2.24) is 4.98 Å². The molecule has 0 N–H and O–H groups in total. The normalized spacial score (nSPS) is 14.4. The van der Waals surface area contributed by atoms with Gasteiger partial charge in [-0.1, -0.05) is 38.5 Å². The summed E-state index contributed by atoms with van der Waals surface area (Å²) in [7, 11) is 0. The van der Waals surface area contributed by atoms with Gasteiger partial charge in [-0.3, -0.25) is 4.98 Å². The first-order valence-electron chi connectivity index (χ1n) is 6.66. The fraction of sp³-hybridized carbons (Fsp3) is 0.562. The third kappa shape index (κ3) is 3.69. The zero-order chi connectivity index (χ0) is 12.8. The maximum atomic E-state index is 4.37. The molecule has 0 amide bonds. The Bertz CT molecular complexity index is 368. The molecular formula is C16H25N. The molecule has 94 valence electrons. The second-order valence-corrected chi connectivity index (χ2v) is 4.98. The van der Waals surface area contributed by atoms with Gasteiger partial charge in [0.2, 0.25) is 0 Å². The minimum atomic E-state index is 0.639. The van der Waals surface area contributed by atoms with Crippen molar-refractivity contribution in [2.24, 2.45) is 11.8 Å². The SMILES string of the molecule is C=C(C)C(CC)C(CC)Cc1cccnc1C. The lowest BCUT2D eigenvalue weighted by molar-refractivity contribution is 0.354. The average molecular weight is 231 g/mol. The number of aromatic nitrogens is 1. The van der Waals surface area contributed by atoms with Crippen molar-refractivity contribution >= 4 is 0 Å². The summed E-state index contributed by atoms with van der Waals surface area (Å²) in [6.45, 7) is 12.9. The molecule has 1 rings (SSSR count). The van der Waals surface area contributed by atoms with Crippen LogP contribution in [0.2, 0.25) is 0 Å². The molecule has 0 saturated carbocycles. The van der Waals surface area contributed by atoms with Gasteiger partial charge in [-0.2, -0.15) is 0 Å². The van der Waals surface area contributed by atoms with Gasteiger partial charge in [-0.25, -0.2) is 0 Å². The van der Waals surface area contributed by atoms with Gasteiger partial charge in [-0.15, -0.1) is 0 Å². The lowest BCUT2D eigenvalue weighted by Crippen LogP contribution is -2.17. The average Bonchev–Trinajstić information content (AvgIpc) is 2.30. The molecule has 0 aliphatic rings. The largest absolute Gasteiger partial charge is 0.261 e. The third-order valence-corrected chi connectivity index (χ3v) is 3.76. The Labute approximate surface area is 106 Å². The quantitative estimate of drug-likeness (QED) is 0.654. The summed E-state index contributed by atoms with van der Waals surface area (Å²) < 4.78 is 0. The first kappa shape index (κ1) is 14.0. The van der Waals surface area contributed by atoms with Gasteiger partial charge in [0.1, 0.15) is 0 Å². The molecular weight excluding hydrogens is 206 g/mol. The van der Waals surface area contributed by atoms with E-state index in [9.17, 15) is 0 Å². The van der Waals surface area contributed by atoms with Crippen LogP contribution >= 0.6 is 0 Å². The smallest absolute Gasteiger partial charge is 0.0404 e. The summed E-state index contributed by atoms with van der Waals surface area (Å²) in [5, 5.41) is 0. The maximum Gasteiger partial charge on any atom is 0.0404 e. The minimum absolute atomic E-state index is 0.639. The van der Waals surface area contributed by atoms with Crippen molar-refractivity contribution in [3.63, 3.8) is 0 Å². The molecule has 1 aromatic heterocycles. The molecule has 17 heavy (non-hydrogen) atoms. The van der Waals surface area contributed by atoms with Gasteiger partial charge in [0, 0.05) is 11.9 Å². The van der Waals surface area contributed by atoms with Gasteiger partial charge in [0.25, 0.3) is 0 Å². The minimum Gasteiger partial charge on any atom is -0.261 e. The summed E-state index contributed by atoms with van der Waals surface area (Å²) in [4.78, 5) is 4.37. The molecule has 1 heteroatoms. The van der Waals surface area contributed by atoms with Crippen LogP contribution in [-0.2, 0) is 6.42 Å². The van der Waals surface area contributed by atoms with Gasteiger partial charge < -0.3 is 0 Å². The Morgan fingerprint density at radius 2 is 2.06 bits per heavy atom. The van der Waals surface area contributed by atoms with Crippen LogP contribution in [-0.4, -0.2) is 4.98 Å². The summed E-state index contributed by atoms with van der Waals surface area (Å²) in [5.41, 5.74) is 3.88. The Hall–Kier alpha value is -1.11. The van der Waals surface area contributed by atoms with E-state index < -0.39 is 0 Å². The summed E-state index contributed by atoms with van der Waals surface area (Å²) in [5.74, 6) is 1.33. The van der Waals surface area contributed by atoms with Gasteiger partial charge in [0.15, 0.2) is 0 Å². The number of pyridine rings is 1. The highest BCUT2D eigenvalue weighted by atomic mass is 14.7. The highest BCUT2D eigenvalue weighted by Gasteiger charge is 2.20. The number of rotatable bonds is 6. The predicted molar refractivity (Wildman–Crippen MR) is 75.1 cm³/mol. The van der Waals surface area contributed by atoms with E-state index in [0.29, 0.717) is 11.8 Å². The van der Waals surface area contributed by atoms with Crippen molar-refractivity contribution in [2.75, 3.05) is 0 Å². The zero-order valence-electron chi connectivity index (χ0n) is 11.7. The van der Waals surface area contributed by atoms with E-state index in [-0.39, 0.29) is 0 Å². The topological polar surface area (TPSA) is 12.9 Å². The molecule has 1 nitrogen and oxygen atoms in total. The number of hydrogen-bond donors (Lipinski definition) is 0. The van der Waals surface area contributed by atoms with E-state index in [1.807, 2.05) is 12.3 Å². The molecule has 0 aliphatic carbocycles. The van der Waals surface area contributed by atoms with Gasteiger partial charge >= 0.3 is 0 Å². The summed E-state index contributed by atoms with van der Waals surface area (Å²) in [6.07, 6.45) is 5.39. The molecule has 1 heterocycles. The molecule has 0 radical (unpaired) electrons. The number of nitrogens with zero attached hydrogens (tertiary/aromatic N) is 1. The van der Waals surface area contributed by atoms with Crippen molar-refractivity contribution in [2.45, 2.75) is 47.0 Å². The van der Waals surface area contributed by atoms with Gasteiger partial charge in [0.05, 0.1) is 0 Å². The molecule has 0 aliphatic heterocycles. The van der Waals surface area contributed by atoms with Crippen LogP contribution in [0.25, 0.3) is 0 Å². The Morgan fingerprint density at radius 3 is 2.53 bits per heavy atom. The molecule has 0 fully saturated rings. The lowest BCUT2D eigenvalue weighted by atomic mass is 9.79. The highest BCUT2D eigenvalue weighted by Crippen LogP contribution is 2.29. The van der Waals surface area contributed by atoms with Crippen LogP contribution in [0.4, 0.5) is 0 Å². The first-order chi connectivity index (χ1) is 8.10. The van der Waals surface area contributed by atoms with Crippen molar-refractivity contribution in [3.05, 3.63) is 41.7 Å². The van der Waals surface area contributed by atoms with E-state index in [2.05, 4.69) is 45.3 Å². The predicted octanol–water partition coefficient (Wildman–Crippen LogP) is 4.56. The Balaban J connectivity index is 2.83. The van der Waals surface area contributed by atoms with Crippen LogP contribution in [0, 0.1) is 18.8 Å². The first-order valence-corrected chi connectivity index (χ1v) is 6.66. The Morgan fingerprint density at radius 1 is 1.35 bits per heavy atom. The number of allylic oxidation sites excluding steroid dienone is 1. The van der Waals surface area contributed by atoms with Crippen LogP contribution in [0.1, 0.15) is 44.9 Å². The fourth-order valence-corrected chi connectivity index (χ4v) is 2.67. The molecule has 0 saturated heterocycles. The van der Waals surface area contributed by atoms with E-state index in [4.69, 9.17) is 0 Å². The molecule has 0 bridgehead atoms. The zero-order valence-corrected chi connectivity index (χ0v) is 11.7. The number of aryl methyl sites for hydroxylation is 1. The molecule has 1 aromatic rings. The van der Waals surface area contributed by atoms with Gasteiger partial charge in [-0.05, 0) is 50.2 Å². The van der Waals surface area contributed by atoms with Crippen LogP contribution in [0.15, 0.2) is 30.5 Å². The molecule has 2 atom stereocenters. The third-order valence-electron chi connectivity index (χ3n) is 3.76. The van der Waals surface area contributed by atoms with Crippen LogP contribution in [0.3, 0.4) is 0 Å². The summed E-state index contributed by atoms with van der Waals surface area (Å²) >= 11 is 0. The van der Waals surface area contributed by atoms with Crippen molar-refractivity contribution in [1.29, 1.82) is 0 Å². The van der Waals surface area contributed by atoms with E-state index in [1.165, 1.54) is 29.7 Å². The Kier molecular flexibility index (Phi) is 5.40.